The molecule has 0 spiro atoms. The highest BCUT2D eigenvalue weighted by molar-refractivity contribution is 5.77. The van der Waals surface area contributed by atoms with Crippen LogP contribution in [-0.4, -0.2) is 63.9 Å². The van der Waals surface area contributed by atoms with Crippen LogP contribution >= 0.6 is 0 Å². The Bertz CT molecular complexity index is 481. The molecule has 1 heterocycles. The zero-order valence-corrected chi connectivity index (χ0v) is 13.2. The maximum atomic E-state index is 11.8. The fourth-order valence-electron chi connectivity index (χ4n) is 2.35. The number of carbonyl (C=O) groups excluding carboxylic acids is 1. The molecule has 0 aromatic heterocycles. The van der Waals surface area contributed by atoms with Crippen LogP contribution in [0, 0.1) is 0 Å². The van der Waals surface area contributed by atoms with Crippen LogP contribution in [0.4, 0.5) is 0 Å². The van der Waals surface area contributed by atoms with E-state index in [0.717, 1.165) is 26.1 Å². The summed E-state index contributed by atoms with van der Waals surface area (Å²) in [5, 5.41) is 2.85. The minimum Gasteiger partial charge on any atom is -0.493 e. The van der Waals surface area contributed by atoms with E-state index < -0.39 is 0 Å². The number of methoxy groups -OCH3 is 1. The molecule has 2 rings (SSSR count). The predicted molar refractivity (Wildman–Crippen MR) is 83.4 cm³/mol. The topological polar surface area (TPSA) is 60.0 Å². The van der Waals surface area contributed by atoms with Crippen molar-refractivity contribution in [1.29, 1.82) is 0 Å². The summed E-state index contributed by atoms with van der Waals surface area (Å²) >= 11 is 0. The summed E-state index contributed by atoms with van der Waals surface area (Å²) in [6, 6.07) is 7.27. The van der Waals surface area contributed by atoms with Crippen molar-refractivity contribution >= 4 is 5.91 Å². The van der Waals surface area contributed by atoms with Gasteiger partial charge in [0.05, 0.1) is 19.8 Å². The SMILES string of the molecule is COc1ccccc1OCC(=O)NCCC1CN(C)CCO1. The van der Waals surface area contributed by atoms with Gasteiger partial charge in [-0.05, 0) is 25.6 Å². The molecule has 1 aromatic rings. The smallest absolute Gasteiger partial charge is 0.257 e. The molecule has 22 heavy (non-hydrogen) atoms. The van der Waals surface area contributed by atoms with Crippen molar-refractivity contribution in [2.75, 3.05) is 47.0 Å². The Labute approximate surface area is 131 Å². The van der Waals surface area contributed by atoms with Gasteiger partial charge in [0.15, 0.2) is 18.1 Å². The number of ether oxygens (including phenoxy) is 3. The maximum Gasteiger partial charge on any atom is 0.257 e. The van der Waals surface area contributed by atoms with E-state index in [9.17, 15) is 4.79 Å². The quantitative estimate of drug-likeness (QED) is 0.811. The number of rotatable bonds is 7. The minimum atomic E-state index is -0.143. The molecule has 0 bridgehead atoms. The molecule has 1 aromatic carbocycles. The third-order valence-corrected chi connectivity index (χ3v) is 3.56. The molecule has 6 heteroatoms. The molecule has 0 radical (unpaired) electrons. The molecular formula is C16H24N2O4. The number of nitrogens with zero attached hydrogens (tertiary/aromatic N) is 1. The summed E-state index contributed by atoms with van der Waals surface area (Å²) in [4.78, 5) is 14.0. The van der Waals surface area contributed by atoms with Crippen LogP contribution in [-0.2, 0) is 9.53 Å². The first-order valence-electron chi connectivity index (χ1n) is 7.51. The average Bonchev–Trinajstić information content (AvgIpc) is 2.53. The van der Waals surface area contributed by atoms with Gasteiger partial charge in [-0.25, -0.2) is 0 Å². The Hall–Kier alpha value is -1.79. The number of amides is 1. The molecule has 1 atom stereocenters. The highest BCUT2D eigenvalue weighted by atomic mass is 16.5. The first kappa shape index (κ1) is 16.6. The minimum absolute atomic E-state index is 0.0220. The second kappa shape index (κ2) is 8.60. The van der Waals surface area contributed by atoms with E-state index >= 15 is 0 Å². The third kappa shape index (κ3) is 5.20. The van der Waals surface area contributed by atoms with Crippen molar-refractivity contribution in [3.63, 3.8) is 0 Å². The summed E-state index contributed by atoms with van der Waals surface area (Å²) < 4.78 is 16.3. The van der Waals surface area contributed by atoms with Gasteiger partial charge in [0.1, 0.15) is 0 Å². The Morgan fingerprint density at radius 1 is 1.41 bits per heavy atom. The van der Waals surface area contributed by atoms with Crippen LogP contribution in [0.1, 0.15) is 6.42 Å². The van der Waals surface area contributed by atoms with Gasteiger partial charge >= 0.3 is 0 Å². The molecule has 0 saturated carbocycles. The van der Waals surface area contributed by atoms with Crippen LogP contribution in [0.3, 0.4) is 0 Å². The van der Waals surface area contributed by atoms with Gasteiger partial charge in [-0.15, -0.1) is 0 Å². The predicted octanol–water partition coefficient (Wildman–Crippen LogP) is 0.911. The molecular weight excluding hydrogens is 284 g/mol. The Balaban J connectivity index is 1.65. The largest absolute Gasteiger partial charge is 0.493 e. The van der Waals surface area contributed by atoms with Gasteiger partial charge < -0.3 is 24.4 Å². The second-order valence-electron chi connectivity index (χ2n) is 5.33. The van der Waals surface area contributed by atoms with Gasteiger partial charge in [-0.1, -0.05) is 12.1 Å². The molecule has 6 nitrogen and oxygen atoms in total. The summed E-state index contributed by atoms with van der Waals surface area (Å²) in [5.41, 5.74) is 0. The third-order valence-electron chi connectivity index (χ3n) is 3.56. The van der Waals surface area contributed by atoms with E-state index in [2.05, 4.69) is 17.3 Å². The van der Waals surface area contributed by atoms with Crippen molar-refractivity contribution < 1.29 is 19.0 Å². The van der Waals surface area contributed by atoms with Gasteiger partial charge in [-0.2, -0.15) is 0 Å². The van der Waals surface area contributed by atoms with E-state index in [0.29, 0.717) is 18.0 Å². The standard InChI is InChI=1S/C16H24N2O4/c1-18-9-10-21-13(11-18)7-8-17-16(19)12-22-15-6-4-3-5-14(15)20-2/h3-6,13H,7-12H2,1-2H3,(H,17,19). The number of hydrogen-bond donors (Lipinski definition) is 1. The number of carbonyl (C=O) groups is 1. The summed E-state index contributed by atoms with van der Waals surface area (Å²) in [5.74, 6) is 1.04. The average molecular weight is 308 g/mol. The molecule has 1 amide bonds. The lowest BCUT2D eigenvalue weighted by atomic mass is 10.2. The van der Waals surface area contributed by atoms with E-state index in [4.69, 9.17) is 14.2 Å². The van der Waals surface area contributed by atoms with Crippen LogP contribution in [0.15, 0.2) is 24.3 Å². The Morgan fingerprint density at radius 3 is 2.91 bits per heavy atom. The molecule has 1 unspecified atom stereocenters. The van der Waals surface area contributed by atoms with Gasteiger partial charge in [0.2, 0.25) is 0 Å². The number of likely N-dealkylation sites (N-methyl/N-ethyl adjacent to an activating group) is 1. The van der Waals surface area contributed by atoms with Crippen molar-refractivity contribution in [2.24, 2.45) is 0 Å². The van der Waals surface area contributed by atoms with Gasteiger partial charge in [-0.3, -0.25) is 4.79 Å². The number of benzene rings is 1. The highest BCUT2D eigenvalue weighted by Gasteiger charge is 2.17. The number of hydrogen-bond acceptors (Lipinski definition) is 5. The Kier molecular flexibility index (Phi) is 6.48. The number of nitrogens with one attached hydrogen (secondary N) is 1. The molecule has 1 saturated heterocycles. The first-order chi connectivity index (χ1) is 10.7. The lowest BCUT2D eigenvalue weighted by Crippen LogP contribution is -2.42. The van der Waals surface area contributed by atoms with Crippen LogP contribution in [0.25, 0.3) is 0 Å². The van der Waals surface area contributed by atoms with Crippen molar-refractivity contribution in [3.05, 3.63) is 24.3 Å². The number of morpholine rings is 1. The molecule has 0 aliphatic carbocycles. The van der Waals surface area contributed by atoms with Crippen LogP contribution in [0.5, 0.6) is 11.5 Å². The molecule has 1 aliphatic rings. The normalized spacial score (nSPS) is 18.7. The monoisotopic (exact) mass is 308 g/mol. The van der Waals surface area contributed by atoms with Crippen LogP contribution < -0.4 is 14.8 Å². The van der Waals surface area contributed by atoms with E-state index in [-0.39, 0.29) is 18.6 Å². The maximum absolute atomic E-state index is 11.8. The molecule has 1 aliphatic heterocycles. The summed E-state index contributed by atoms with van der Waals surface area (Å²) in [7, 11) is 3.65. The van der Waals surface area contributed by atoms with Gasteiger partial charge in [0.25, 0.3) is 5.91 Å². The zero-order valence-electron chi connectivity index (χ0n) is 13.2. The van der Waals surface area contributed by atoms with Crippen molar-refractivity contribution in [3.8, 4) is 11.5 Å². The number of para-hydroxylation sites is 2. The van der Waals surface area contributed by atoms with E-state index in [1.54, 1.807) is 19.2 Å². The molecule has 1 fully saturated rings. The Morgan fingerprint density at radius 2 is 2.18 bits per heavy atom. The lowest BCUT2D eigenvalue weighted by Gasteiger charge is -2.30. The van der Waals surface area contributed by atoms with E-state index in [1.807, 2.05) is 12.1 Å². The summed E-state index contributed by atoms with van der Waals surface area (Å²) in [6.07, 6.45) is 0.999. The van der Waals surface area contributed by atoms with Crippen molar-refractivity contribution in [1.82, 2.24) is 10.2 Å². The molecule has 1 N–H and O–H groups in total. The zero-order chi connectivity index (χ0) is 15.8. The fraction of sp³-hybridized carbons (Fsp3) is 0.562. The van der Waals surface area contributed by atoms with E-state index in [1.165, 1.54) is 0 Å². The first-order valence-corrected chi connectivity index (χ1v) is 7.51. The van der Waals surface area contributed by atoms with Crippen molar-refractivity contribution in [2.45, 2.75) is 12.5 Å². The molecule has 122 valence electrons. The fourth-order valence-corrected chi connectivity index (χ4v) is 2.35. The van der Waals surface area contributed by atoms with Gasteiger partial charge in [0, 0.05) is 19.6 Å². The summed E-state index contributed by atoms with van der Waals surface area (Å²) in [6.45, 7) is 3.20. The highest BCUT2D eigenvalue weighted by Crippen LogP contribution is 2.25. The lowest BCUT2D eigenvalue weighted by molar-refractivity contribution is -0.123. The van der Waals surface area contributed by atoms with Crippen LogP contribution in [0.2, 0.25) is 0 Å². The second-order valence-corrected chi connectivity index (χ2v) is 5.33.